The first-order valence-electron chi connectivity index (χ1n) is 6.72. The standard InChI is InChI=1S/C14H27N3/c1-4-5-9-16-14(12-15)7-6-10-17(11-8-14)13(2)3/h13,16H,6-12,15H2,1-3H3. The van der Waals surface area contributed by atoms with Crippen LogP contribution in [0.3, 0.4) is 0 Å². The van der Waals surface area contributed by atoms with Gasteiger partial charge in [-0.3, -0.25) is 5.32 Å². The lowest BCUT2D eigenvalue weighted by Gasteiger charge is -2.32. The van der Waals surface area contributed by atoms with E-state index in [1.54, 1.807) is 0 Å². The summed E-state index contributed by atoms with van der Waals surface area (Å²) in [7, 11) is 0. The average Bonchev–Trinajstić information content (AvgIpc) is 2.53. The molecule has 0 spiro atoms. The maximum atomic E-state index is 5.98. The van der Waals surface area contributed by atoms with Gasteiger partial charge in [-0.05, 0) is 46.6 Å². The third-order valence-electron chi connectivity index (χ3n) is 3.83. The Morgan fingerprint density at radius 2 is 2.12 bits per heavy atom. The van der Waals surface area contributed by atoms with Crippen LogP contribution in [0.25, 0.3) is 0 Å². The molecule has 0 bridgehead atoms. The van der Waals surface area contributed by atoms with Gasteiger partial charge in [-0.25, -0.2) is 0 Å². The highest BCUT2D eigenvalue weighted by Gasteiger charge is 2.30. The maximum absolute atomic E-state index is 5.98. The fraction of sp³-hybridized carbons (Fsp3) is 0.857. The minimum Gasteiger partial charge on any atom is -0.329 e. The molecule has 0 amide bonds. The molecule has 0 radical (unpaired) electrons. The van der Waals surface area contributed by atoms with E-state index in [-0.39, 0.29) is 5.54 Å². The van der Waals surface area contributed by atoms with Gasteiger partial charge >= 0.3 is 0 Å². The SMILES string of the molecule is CC#CCNC1(CN)CCCN(C(C)C)CC1. The van der Waals surface area contributed by atoms with Gasteiger partial charge in [-0.1, -0.05) is 5.92 Å². The van der Waals surface area contributed by atoms with Gasteiger partial charge in [-0.2, -0.15) is 0 Å². The Balaban J connectivity index is 2.56. The van der Waals surface area contributed by atoms with E-state index >= 15 is 0 Å². The molecule has 3 heteroatoms. The first-order chi connectivity index (χ1) is 8.13. The molecule has 0 aromatic heterocycles. The molecule has 0 aromatic rings. The van der Waals surface area contributed by atoms with Crippen LogP contribution in [0.2, 0.25) is 0 Å². The quantitative estimate of drug-likeness (QED) is 0.722. The predicted molar refractivity (Wildman–Crippen MR) is 73.8 cm³/mol. The van der Waals surface area contributed by atoms with Gasteiger partial charge in [0.05, 0.1) is 6.54 Å². The minimum atomic E-state index is 0.105. The number of rotatable bonds is 4. The topological polar surface area (TPSA) is 41.3 Å². The van der Waals surface area contributed by atoms with Crippen molar-refractivity contribution in [3.63, 3.8) is 0 Å². The Labute approximate surface area is 106 Å². The molecule has 1 aliphatic rings. The Bertz CT molecular complexity index is 277. The molecule has 3 N–H and O–H groups in total. The van der Waals surface area contributed by atoms with Crippen LogP contribution in [0.5, 0.6) is 0 Å². The van der Waals surface area contributed by atoms with Crippen molar-refractivity contribution in [1.29, 1.82) is 0 Å². The van der Waals surface area contributed by atoms with Crippen molar-refractivity contribution in [3.05, 3.63) is 0 Å². The van der Waals surface area contributed by atoms with Crippen molar-refractivity contribution in [3.8, 4) is 11.8 Å². The summed E-state index contributed by atoms with van der Waals surface area (Å²) in [5, 5.41) is 3.56. The maximum Gasteiger partial charge on any atom is 0.0581 e. The molecule has 1 heterocycles. The van der Waals surface area contributed by atoms with E-state index in [4.69, 9.17) is 5.73 Å². The van der Waals surface area contributed by atoms with Gasteiger partial charge in [0.15, 0.2) is 0 Å². The second kappa shape index (κ2) is 7.00. The van der Waals surface area contributed by atoms with E-state index < -0.39 is 0 Å². The molecule has 17 heavy (non-hydrogen) atoms. The van der Waals surface area contributed by atoms with E-state index in [2.05, 4.69) is 35.9 Å². The van der Waals surface area contributed by atoms with Crippen molar-refractivity contribution >= 4 is 0 Å². The van der Waals surface area contributed by atoms with E-state index in [9.17, 15) is 0 Å². The zero-order valence-corrected chi connectivity index (χ0v) is 11.6. The largest absolute Gasteiger partial charge is 0.329 e. The van der Waals surface area contributed by atoms with E-state index in [1.165, 1.54) is 13.0 Å². The monoisotopic (exact) mass is 237 g/mol. The molecule has 0 aliphatic carbocycles. The fourth-order valence-electron chi connectivity index (χ4n) is 2.50. The summed E-state index contributed by atoms with van der Waals surface area (Å²) in [4.78, 5) is 2.55. The van der Waals surface area contributed by atoms with Gasteiger partial charge < -0.3 is 10.6 Å². The second-order valence-corrected chi connectivity index (χ2v) is 5.25. The van der Waals surface area contributed by atoms with Crippen molar-refractivity contribution in [2.45, 2.75) is 51.6 Å². The van der Waals surface area contributed by atoms with Gasteiger partial charge in [0, 0.05) is 24.7 Å². The lowest BCUT2D eigenvalue weighted by Crippen LogP contribution is -2.52. The summed E-state index contributed by atoms with van der Waals surface area (Å²) in [6.45, 7) is 10.2. The first-order valence-corrected chi connectivity index (χ1v) is 6.72. The van der Waals surface area contributed by atoms with Crippen LogP contribution in [0.4, 0.5) is 0 Å². The summed E-state index contributed by atoms with van der Waals surface area (Å²) >= 11 is 0. The molecular weight excluding hydrogens is 210 g/mol. The van der Waals surface area contributed by atoms with Gasteiger partial charge in [0.25, 0.3) is 0 Å². The molecule has 1 aliphatic heterocycles. The highest BCUT2D eigenvalue weighted by molar-refractivity contribution is 5.01. The lowest BCUT2D eigenvalue weighted by molar-refractivity contribution is 0.220. The van der Waals surface area contributed by atoms with Gasteiger partial charge in [-0.15, -0.1) is 5.92 Å². The Hall–Kier alpha value is -0.560. The van der Waals surface area contributed by atoms with Crippen LogP contribution in [0.1, 0.15) is 40.0 Å². The van der Waals surface area contributed by atoms with Crippen LogP contribution in [0, 0.1) is 11.8 Å². The molecule has 3 nitrogen and oxygen atoms in total. The second-order valence-electron chi connectivity index (χ2n) is 5.25. The molecule has 1 unspecified atom stereocenters. The van der Waals surface area contributed by atoms with Crippen LogP contribution in [-0.2, 0) is 0 Å². The number of nitrogens with one attached hydrogen (secondary N) is 1. The molecule has 1 fully saturated rings. The third-order valence-corrected chi connectivity index (χ3v) is 3.83. The molecule has 1 saturated heterocycles. The molecule has 98 valence electrons. The fourth-order valence-corrected chi connectivity index (χ4v) is 2.50. The van der Waals surface area contributed by atoms with E-state index in [0.717, 1.165) is 25.9 Å². The van der Waals surface area contributed by atoms with E-state index in [1.807, 2.05) is 6.92 Å². The van der Waals surface area contributed by atoms with Crippen LogP contribution < -0.4 is 11.1 Å². The summed E-state index contributed by atoms with van der Waals surface area (Å²) < 4.78 is 0. The lowest BCUT2D eigenvalue weighted by atomic mass is 9.90. The molecule has 1 atom stereocenters. The Morgan fingerprint density at radius 1 is 1.35 bits per heavy atom. The summed E-state index contributed by atoms with van der Waals surface area (Å²) in [6.07, 6.45) is 3.52. The van der Waals surface area contributed by atoms with Gasteiger partial charge in [0.2, 0.25) is 0 Å². The molecule has 0 saturated carbocycles. The van der Waals surface area contributed by atoms with Crippen molar-refractivity contribution in [1.82, 2.24) is 10.2 Å². The normalized spacial score (nSPS) is 26.4. The van der Waals surface area contributed by atoms with Crippen molar-refractivity contribution in [2.24, 2.45) is 5.73 Å². The summed E-state index contributed by atoms with van der Waals surface area (Å²) in [5.41, 5.74) is 6.09. The highest BCUT2D eigenvalue weighted by Crippen LogP contribution is 2.22. The number of nitrogens with two attached hydrogens (primary N) is 1. The van der Waals surface area contributed by atoms with Gasteiger partial charge in [0.1, 0.15) is 0 Å². The Morgan fingerprint density at radius 3 is 2.71 bits per heavy atom. The zero-order chi connectivity index (χ0) is 12.7. The number of likely N-dealkylation sites (tertiary alicyclic amines) is 1. The third kappa shape index (κ3) is 4.31. The summed E-state index contributed by atoms with van der Waals surface area (Å²) in [6, 6.07) is 0.638. The van der Waals surface area contributed by atoms with E-state index in [0.29, 0.717) is 12.6 Å². The van der Waals surface area contributed by atoms with Crippen LogP contribution in [0.15, 0.2) is 0 Å². The summed E-state index contributed by atoms with van der Waals surface area (Å²) in [5.74, 6) is 6.01. The minimum absolute atomic E-state index is 0.105. The van der Waals surface area contributed by atoms with Crippen LogP contribution >= 0.6 is 0 Å². The number of hydrogen-bond donors (Lipinski definition) is 2. The molecular formula is C14H27N3. The average molecular weight is 237 g/mol. The molecule has 1 rings (SSSR count). The zero-order valence-electron chi connectivity index (χ0n) is 11.6. The highest BCUT2D eigenvalue weighted by atomic mass is 15.2. The van der Waals surface area contributed by atoms with Crippen LogP contribution in [-0.4, -0.2) is 42.7 Å². The smallest absolute Gasteiger partial charge is 0.0581 e. The number of nitrogens with zero attached hydrogens (tertiary/aromatic N) is 1. The number of hydrogen-bond acceptors (Lipinski definition) is 3. The van der Waals surface area contributed by atoms with Crippen molar-refractivity contribution in [2.75, 3.05) is 26.2 Å². The Kier molecular flexibility index (Phi) is 5.97. The first kappa shape index (κ1) is 14.5. The molecule has 0 aromatic carbocycles. The van der Waals surface area contributed by atoms with Crippen molar-refractivity contribution < 1.29 is 0 Å². The predicted octanol–water partition coefficient (Wildman–Crippen LogP) is 1.19.